The highest BCUT2D eigenvalue weighted by Crippen LogP contribution is 2.38. The predicted octanol–water partition coefficient (Wildman–Crippen LogP) is 3.29. The molecule has 0 unspecified atom stereocenters. The van der Waals surface area contributed by atoms with Crippen molar-refractivity contribution in [2.45, 2.75) is 26.4 Å². The minimum Gasteiger partial charge on any atom is -0.334 e. The lowest BCUT2D eigenvalue weighted by Crippen LogP contribution is -2.54. The van der Waals surface area contributed by atoms with E-state index in [1.165, 1.54) is 5.56 Å². The van der Waals surface area contributed by atoms with Gasteiger partial charge in [-0.15, -0.1) is 0 Å². The molecule has 0 spiro atoms. The van der Waals surface area contributed by atoms with Gasteiger partial charge in [0.15, 0.2) is 0 Å². The molecule has 1 aromatic carbocycles. The van der Waals surface area contributed by atoms with Gasteiger partial charge in [-0.1, -0.05) is 43.3 Å². The minimum atomic E-state index is -0.00606. The van der Waals surface area contributed by atoms with Crippen LogP contribution in [0.1, 0.15) is 29.7 Å². The van der Waals surface area contributed by atoms with Gasteiger partial charge in [-0.25, -0.2) is 4.79 Å². The summed E-state index contributed by atoms with van der Waals surface area (Å²) in [6.45, 7) is 5.50. The Morgan fingerprint density at radius 2 is 2.09 bits per heavy atom. The normalized spacial score (nSPS) is 20.4. The molecule has 1 N–H and O–H groups in total. The molecule has 114 valence electrons. The highest BCUT2D eigenvalue weighted by Gasteiger charge is 2.39. The van der Waals surface area contributed by atoms with E-state index in [0.29, 0.717) is 12.5 Å². The Morgan fingerprint density at radius 1 is 1.32 bits per heavy atom. The molecule has 0 aliphatic carbocycles. The van der Waals surface area contributed by atoms with Gasteiger partial charge in [0.25, 0.3) is 0 Å². The molecule has 1 aliphatic heterocycles. The van der Waals surface area contributed by atoms with Gasteiger partial charge in [0.1, 0.15) is 0 Å². The molecule has 1 saturated heterocycles. The van der Waals surface area contributed by atoms with E-state index in [2.05, 4.69) is 29.4 Å². The third kappa shape index (κ3) is 2.96. The number of amides is 2. The second kappa shape index (κ2) is 6.18. The van der Waals surface area contributed by atoms with Crippen LogP contribution in [0.2, 0.25) is 0 Å². The topological polar surface area (TPSA) is 45.2 Å². The third-order valence-corrected chi connectivity index (χ3v) is 4.14. The van der Waals surface area contributed by atoms with Crippen molar-refractivity contribution in [3.63, 3.8) is 0 Å². The van der Waals surface area contributed by atoms with Crippen LogP contribution >= 0.6 is 0 Å². The third-order valence-electron chi connectivity index (χ3n) is 4.14. The Kier molecular flexibility index (Phi) is 4.09. The van der Waals surface area contributed by atoms with Crippen LogP contribution in [0.15, 0.2) is 48.8 Å². The summed E-state index contributed by atoms with van der Waals surface area (Å²) in [6.07, 6.45) is 3.61. The van der Waals surface area contributed by atoms with Gasteiger partial charge >= 0.3 is 6.03 Å². The average Bonchev–Trinajstić information content (AvgIpc) is 2.51. The molecule has 0 bridgehead atoms. The van der Waals surface area contributed by atoms with E-state index in [4.69, 9.17) is 0 Å². The van der Waals surface area contributed by atoms with Crippen LogP contribution in [-0.4, -0.2) is 22.5 Å². The molecular formula is C18H21N3O. The van der Waals surface area contributed by atoms with Crippen molar-refractivity contribution in [2.75, 3.05) is 6.54 Å². The zero-order valence-electron chi connectivity index (χ0n) is 13.0. The van der Waals surface area contributed by atoms with Crippen LogP contribution in [-0.2, 0) is 6.54 Å². The fraction of sp³-hybridized carbons (Fsp3) is 0.333. The number of benzene rings is 1. The van der Waals surface area contributed by atoms with Crippen molar-refractivity contribution in [1.29, 1.82) is 0 Å². The molecule has 4 nitrogen and oxygen atoms in total. The number of likely N-dealkylation sites (tertiary alicyclic amines) is 1. The molecule has 0 saturated carbocycles. The quantitative estimate of drug-likeness (QED) is 0.944. The van der Waals surface area contributed by atoms with Crippen molar-refractivity contribution in [2.24, 2.45) is 5.92 Å². The summed E-state index contributed by atoms with van der Waals surface area (Å²) in [7, 11) is 0. The van der Waals surface area contributed by atoms with Crippen LogP contribution in [0.4, 0.5) is 4.79 Å². The maximum absolute atomic E-state index is 12.4. The molecule has 0 radical (unpaired) electrons. The molecule has 2 atom stereocenters. The number of nitrogens with one attached hydrogen (secondary N) is 1. The highest BCUT2D eigenvalue weighted by molar-refractivity contribution is 5.75. The molecule has 3 rings (SSSR count). The lowest BCUT2D eigenvalue weighted by atomic mass is 9.85. The lowest BCUT2D eigenvalue weighted by Gasteiger charge is -2.46. The molecule has 1 aliphatic rings. The first-order chi connectivity index (χ1) is 10.6. The van der Waals surface area contributed by atoms with Crippen molar-refractivity contribution >= 4 is 6.03 Å². The van der Waals surface area contributed by atoms with Gasteiger partial charge in [0, 0.05) is 25.5 Å². The predicted molar refractivity (Wildman–Crippen MR) is 86.3 cm³/mol. The number of aromatic nitrogens is 1. The SMILES string of the molecule is Cc1cncc(CNC(=O)N2C[C@@H](C)[C@H]2c2ccccc2)c1. The van der Waals surface area contributed by atoms with Gasteiger partial charge in [0.2, 0.25) is 0 Å². The van der Waals surface area contributed by atoms with Gasteiger partial charge in [-0.05, 0) is 29.5 Å². The zero-order valence-corrected chi connectivity index (χ0v) is 13.0. The van der Waals surface area contributed by atoms with Crippen LogP contribution < -0.4 is 5.32 Å². The number of aryl methyl sites for hydroxylation is 1. The second-order valence-electron chi connectivity index (χ2n) is 6.01. The number of urea groups is 1. The van der Waals surface area contributed by atoms with E-state index in [-0.39, 0.29) is 12.1 Å². The van der Waals surface area contributed by atoms with Gasteiger partial charge in [-0.2, -0.15) is 0 Å². The summed E-state index contributed by atoms with van der Waals surface area (Å²) >= 11 is 0. The Morgan fingerprint density at radius 3 is 2.77 bits per heavy atom. The van der Waals surface area contributed by atoms with E-state index < -0.39 is 0 Å². The molecule has 2 heterocycles. The summed E-state index contributed by atoms with van der Waals surface area (Å²) in [5, 5.41) is 3.00. The highest BCUT2D eigenvalue weighted by atomic mass is 16.2. The lowest BCUT2D eigenvalue weighted by molar-refractivity contribution is 0.0591. The molecule has 4 heteroatoms. The molecule has 1 aromatic heterocycles. The summed E-state index contributed by atoms with van der Waals surface area (Å²) < 4.78 is 0. The average molecular weight is 295 g/mol. The summed E-state index contributed by atoms with van der Waals surface area (Å²) in [6, 6.07) is 12.4. The number of carbonyl (C=O) groups is 1. The standard InChI is InChI=1S/C18H21N3O/c1-13-8-15(10-19-9-13)11-20-18(22)21-12-14(2)17(21)16-6-4-3-5-7-16/h3-10,14,17H,11-12H2,1-2H3,(H,20,22)/t14-,17+/m1/s1. The number of nitrogens with zero attached hydrogens (tertiary/aromatic N) is 2. The number of hydrogen-bond donors (Lipinski definition) is 1. The Labute approximate surface area is 131 Å². The number of pyridine rings is 1. The van der Waals surface area contributed by atoms with E-state index in [1.54, 1.807) is 6.20 Å². The Hall–Kier alpha value is -2.36. The number of carbonyl (C=O) groups excluding carboxylic acids is 1. The van der Waals surface area contributed by atoms with Crippen LogP contribution in [0.5, 0.6) is 0 Å². The van der Waals surface area contributed by atoms with E-state index in [0.717, 1.165) is 17.7 Å². The number of rotatable bonds is 3. The number of hydrogen-bond acceptors (Lipinski definition) is 2. The molecule has 22 heavy (non-hydrogen) atoms. The van der Waals surface area contributed by atoms with E-state index >= 15 is 0 Å². The molecule has 1 fully saturated rings. The fourth-order valence-corrected chi connectivity index (χ4v) is 3.05. The van der Waals surface area contributed by atoms with E-state index in [1.807, 2.05) is 42.3 Å². The fourth-order valence-electron chi connectivity index (χ4n) is 3.05. The van der Waals surface area contributed by atoms with Crippen LogP contribution in [0.3, 0.4) is 0 Å². The molecular weight excluding hydrogens is 274 g/mol. The monoisotopic (exact) mass is 295 g/mol. The van der Waals surface area contributed by atoms with Crippen molar-refractivity contribution in [3.8, 4) is 0 Å². The maximum atomic E-state index is 12.4. The van der Waals surface area contributed by atoms with Crippen LogP contribution in [0, 0.1) is 12.8 Å². The van der Waals surface area contributed by atoms with Gasteiger partial charge in [0.05, 0.1) is 6.04 Å². The van der Waals surface area contributed by atoms with Gasteiger partial charge in [-0.3, -0.25) is 4.98 Å². The Balaban J connectivity index is 1.63. The zero-order chi connectivity index (χ0) is 15.5. The van der Waals surface area contributed by atoms with Gasteiger partial charge < -0.3 is 10.2 Å². The minimum absolute atomic E-state index is 0.00606. The summed E-state index contributed by atoms with van der Waals surface area (Å²) in [5.74, 6) is 0.494. The second-order valence-corrected chi connectivity index (χ2v) is 6.01. The first kappa shape index (κ1) is 14.6. The molecule has 2 amide bonds. The first-order valence-electron chi connectivity index (χ1n) is 7.65. The summed E-state index contributed by atoms with van der Waals surface area (Å²) in [5.41, 5.74) is 3.33. The van der Waals surface area contributed by atoms with Crippen molar-refractivity contribution in [3.05, 3.63) is 65.5 Å². The van der Waals surface area contributed by atoms with Crippen LogP contribution in [0.25, 0.3) is 0 Å². The Bertz CT molecular complexity index is 656. The van der Waals surface area contributed by atoms with Crippen molar-refractivity contribution < 1.29 is 4.79 Å². The molecule has 2 aromatic rings. The summed E-state index contributed by atoms with van der Waals surface area (Å²) in [4.78, 5) is 18.5. The maximum Gasteiger partial charge on any atom is 0.318 e. The first-order valence-corrected chi connectivity index (χ1v) is 7.65. The van der Waals surface area contributed by atoms with E-state index in [9.17, 15) is 4.79 Å². The largest absolute Gasteiger partial charge is 0.334 e. The van der Waals surface area contributed by atoms with Crippen molar-refractivity contribution in [1.82, 2.24) is 15.2 Å². The smallest absolute Gasteiger partial charge is 0.318 e.